The number of unbranched alkanes of at least 4 members (excludes halogenated alkanes) is 1. The average molecular weight is 254 g/mol. The highest BCUT2D eigenvalue weighted by molar-refractivity contribution is 5.99. The van der Waals surface area contributed by atoms with Gasteiger partial charge in [-0.2, -0.15) is 0 Å². The number of hydrogen-bond donors (Lipinski definition) is 1. The van der Waals surface area contributed by atoms with Crippen molar-refractivity contribution in [1.82, 2.24) is 10.2 Å². The first-order valence-corrected chi connectivity index (χ1v) is 6.75. The fourth-order valence-corrected chi connectivity index (χ4v) is 1.60. The summed E-state index contributed by atoms with van der Waals surface area (Å²) >= 11 is 0. The molecule has 0 spiro atoms. The lowest BCUT2D eigenvalue weighted by Crippen LogP contribution is -2.38. The van der Waals surface area contributed by atoms with Crippen molar-refractivity contribution in [3.63, 3.8) is 0 Å². The van der Waals surface area contributed by atoms with Crippen molar-refractivity contribution in [1.29, 1.82) is 0 Å². The van der Waals surface area contributed by atoms with Crippen molar-refractivity contribution in [2.45, 2.75) is 40.5 Å². The summed E-state index contributed by atoms with van der Waals surface area (Å²) in [6.07, 6.45) is 1.99. The number of nitrogens with zero attached hydrogens (tertiary/aromatic N) is 1. The van der Waals surface area contributed by atoms with E-state index in [2.05, 4.69) is 18.8 Å². The van der Waals surface area contributed by atoms with Crippen LogP contribution in [0.3, 0.4) is 0 Å². The topological polar surface area (TPSA) is 49.4 Å². The monoisotopic (exact) mass is 254 g/mol. The minimum atomic E-state index is -0.463. The van der Waals surface area contributed by atoms with E-state index in [0.717, 1.165) is 12.8 Å². The van der Waals surface area contributed by atoms with Crippen LogP contribution >= 0.6 is 0 Å². The molecule has 0 aliphatic heterocycles. The molecule has 0 aliphatic carbocycles. The van der Waals surface area contributed by atoms with Crippen LogP contribution in [0.2, 0.25) is 0 Å². The zero-order valence-corrected chi connectivity index (χ0v) is 12.1. The molecule has 1 N–H and O–H groups in total. The maximum Gasteiger partial charge on any atom is 0.249 e. The van der Waals surface area contributed by atoms with Gasteiger partial charge in [0.1, 0.15) is 0 Å². The van der Waals surface area contributed by atoms with Gasteiger partial charge in [-0.15, -0.1) is 0 Å². The van der Waals surface area contributed by atoms with Gasteiger partial charge in [0.05, 0.1) is 5.92 Å². The number of carbonyl (C=O) groups is 2. The third kappa shape index (κ3) is 4.90. The molecule has 4 heteroatoms. The van der Waals surface area contributed by atoms with Gasteiger partial charge < -0.3 is 10.2 Å². The van der Waals surface area contributed by atoms with E-state index in [1.807, 2.05) is 13.8 Å². The summed E-state index contributed by atoms with van der Waals surface area (Å²) < 4.78 is 0. The van der Waals surface area contributed by atoms with Crippen molar-refractivity contribution in [3.8, 4) is 0 Å². The lowest BCUT2D eigenvalue weighted by molar-refractivity contribution is -0.130. The highest BCUT2D eigenvalue weighted by Crippen LogP contribution is 2.12. The fourth-order valence-electron chi connectivity index (χ4n) is 1.60. The summed E-state index contributed by atoms with van der Waals surface area (Å²) in [6, 6.07) is 0. The Bertz CT molecular complexity index is 296. The Morgan fingerprint density at radius 2 is 1.78 bits per heavy atom. The van der Waals surface area contributed by atoms with Crippen LogP contribution in [-0.2, 0) is 9.59 Å². The second-order valence-corrected chi connectivity index (χ2v) is 4.37. The summed E-state index contributed by atoms with van der Waals surface area (Å²) in [4.78, 5) is 25.5. The van der Waals surface area contributed by atoms with Crippen molar-refractivity contribution in [2.75, 3.05) is 19.6 Å². The molecule has 1 unspecified atom stereocenters. The number of hydrogen-bond acceptors (Lipinski definition) is 2. The van der Waals surface area contributed by atoms with E-state index in [1.54, 1.807) is 11.8 Å². The Hall–Kier alpha value is -1.32. The number of amides is 2. The number of carbonyl (C=O) groups excluding carboxylic acids is 2. The lowest BCUT2D eigenvalue weighted by Gasteiger charge is -2.22. The van der Waals surface area contributed by atoms with Crippen LogP contribution in [0.5, 0.6) is 0 Å². The molecule has 0 radical (unpaired) electrons. The van der Waals surface area contributed by atoms with Crippen molar-refractivity contribution < 1.29 is 9.59 Å². The Balaban J connectivity index is 4.40. The molecule has 0 aromatic carbocycles. The van der Waals surface area contributed by atoms with Crippen LogP contribution in [-0.4, -0.2) is 36.3 Å². The molecule has 0 aromatic rings. The molecule has 1 atom stereocenters. The second-order valence-electron chi connectivity index (χ2n) is 4.37. The fraction of sp³-hybridized carbons (Fsp3) is 0.714. The first kappa shape index (κ1) is 16.7. The van der Waals surface area contributed by atoms with Crippen molar-refractivity contribution >= 4 is 11.8 Å². The number of rotatable bonds is 8. The van der Waals surface area contributed by atoms with Crippen molar-refractivity contribution in [2.24, 2.45) is 5.92 Å². The maximum atomic E-state index is 12.0. The Labute approximate surface area is 110 Å². The maximum absolute atomic E-state index is 12.0. The summed E-state index contributed by atoms with van der Waals surface area (Å²) in [5.41, 5.74) is 0.368. The van der Waals surface area contributed by atoms with E-state index in [9.17, 15) is 9.59 Å². The van der Waals surface area contributed by atoms with Gasteiger partial charge >= 0.3 is 0 Å². The predicted octanol–water partition coefficient (Wildman–Crippen LogP) is 1.96. The quantitative estimate of drug-likeness (QED) is 0.532. The van der Waals surface area contributed by atoms with Crippen molar-refractivity contribution in [3.05, 3.63) is 12.2 Å². The Kier molecular flexibility index (Phi) is 8.08. The molecule has 0 rings (SSSR count). The van der Waals surface area contributed by atoms with E-state index in [-0.39, 0.29) is 11.8 Å². The molecule has 0 saturated carbocycles. The van der Waals surface area contributed by atoms with Crippen LogP contribution in [0, 0.1) is 5.92 Å². The first-order valence-electron chi connectivity index (χ1n) is 6.75. The van der Waals surface area contributed by atoms with Gasteiger partial charge in [-0.1, -0.05) is 19.9 Å². The Morgan fingerprint density at radius 3 is 2.22 bits per heavy atom. The Morgan fingerprint density at radius 1 is 1.22 bits per heavy atom. The first-order chi connectivity index (χ1) is 8.49. The molecule has 4 nitrogen and oxygen atoms in total. The standard InChI is InChI=1S/C14H26N2O2/c1-6-9-10-15-13(17)11(4)12(5)14(18)16(7-2)8-3/h11H,5-10H2,1-4H3,(H,15,17). The third-order valence-corrected chi connectivity index (χ3v) is 3.07. The van der Waals surface area contributed by atoms with Crippen LogP contribution in [0.1, 0.15) is 40.5 Å². The molecule has 104 valence electrons. The van der Waals surface area contributed by atoms with Crippen LogP contribution in [0.25, 0.3) is 0 Å². The highest BCUT2D eigenvalue weighted by atomic mass is 16.2. The van der Waals surface area contributed by atoms with Gasteiger partial charge in [-0.25, -0.2) is 0 Å². The summed E-state index contributed by atoms with van der Waals surface area (Å²) in [5.74, 6) is -0.706. The van der Waals surface area contributed by atoms with E-state index < -0.39 is 5.92 Å². The molecule has 0 aromatic heterocycles. The molecule has 0 heterocycles. The molecule has 2 amide bonds. The SMILES string of the molecule is C=C(C(=O)N(CC)CC)C(C)C(=O)NCCCC. The molecule has 0 bridgehead atoms. The van der Waals surface area contributed by atoms with Gasteiger partial charge in [0.15, 0.2) is 0 Å². The smallest absolute Gasteiger partial charge is 0.249 e. The molecule has 0 fully saturated rings. The third-order valence-electron chi connectivity index (χ3n) is 3.07. The van der Waals surface area contributed by atoms with Gasteiger partial charge in [0.25, 0.3) is 0 Å². The minimum absolute atomic E-state index is 0.117. The summed E-state index contributed by atoms with van der Waals surface area (Å²) in [7, 11) is 0. The van der Waals surface area contributed by atoms with Crippen LogP contribution < -0.4 is 5.32 Å². The number of likely N-dealkylation sites (N-methyl/N-ethyl adjacent to an activating group) is 1. The molecule has 0 aliphatic rings. The predicted molar refractivity (Wildman–Crippen MR) is 74.1 cm³/mol. The van der Waals surface area contributed by atoms with Gasteiger partial charge in [0, 0.05) is 25.2 Å². The molecular formula is C14H26N2O2. The van der Waals surface area contributed by atoms with E-state index in [1.165, 1.54) is 0 Å². The lowest BCUT2D eigenvalue weighted by atomic mass is 10.0. The van der Waals surface area contributed by atoms with Gasteiger partial charge in [-0.05, 0) is 27.2 Å². The van der Waals surface area contributed by atoms with Gasteiger partial charge in [0.2, 0.25) is 11.8 Å². The zero-order chi connectivity index (χ0) is 14.1. The molecular weight excluding hydrogens is 228 g/mol. The van der Waals surface area contributed by atoms with E-state index >= 15 is 0 Å². The largest absolute Gasteiger partial charge is 0.356 e. The van der Waals surface area contributed by atoms with Crippen LogP contribution in [0.15, 0.2) is 12.2 Å². The van der Waals surface area contributed by atoms with Gasteiger partial charge in [-0.3, -0.25) is 9.59 Å². The molecule has 18 heavy (non-hydrogen) atoms. The second kappa shape index (κ2) is 8.72. The summed E-state index contributed by atoms with van der Waals surface area (Å²) in [6.45, 7) is 13.3. The zero-order valence-electron chi connectivity index (χ0n) is 12.1. The normalized spacial score (nSPS) is 11.8. The van der Waals surface area contributed by atoms with E-state index in [4.69, 9.17) is 0 Å². The minimum Gasteiger partial charge on any atom is -0.356 e. The average Bonchev–Trinajstić information content (AvgIpc) is 2.38. The van der Waals surface area contributed by atoms with E-state index in [0.29, 0.717) is 25.2 Å². The number of nitrogens with one attached hydrogen (secondary N) is 1. The summed E-state index contributed by atoms with van der Waals surface area (Å²) in [5, 5.41) is 2.82. The highest BCUT2D eigenvalue weighted by Gasteiger charge is 2.23. The molecule has 0 saturated heterocycles. The van der Waals surface area contributed by atoms with Crippen LogP contribution in [0.4, 0.5) is 0 Å².